The predicted octanol–water partition coefficient (Wildman–Crippen LogP) is 2.32. The van der Waals surface area contributed by atoms with Crippen molar-refractivity contribution in [2.75, 3.05) is 39.3 Å². The number of hydrogen-bond donors (Lipinski definition) is 1. The Labute approximate surface area is 119 Å². The number of nitrogens with one attached hydrogen (secondary N) is 1. The van der Waals surface area contributed by atoms with E-state index in [0.717, 1.165) is 6.04 Å². The summed E-state index contributed by atoms with van der Waals surface area (Å²) in [4.78, 5) is 5.25. The summed E-state index contributed by atoms with van der Waals surface area (Å²) in [6, 6.07) is 1.48. The van der Waals surface area contributed by atoms with Crippen LogP contribution in [0.1, 0.15) is 52.4 Å². The van der Waals surface area contributed by atoms with Gasteiger partial charge in [0.1, 0.15) is 0 Å². The van der Waals surface area contributed by atoms with Crippen molar-refractivity contribution in [1.82, 2.24) is 15.1 Å². The zero-order valence-electron chi connectivity index (χ0n) is 13.0. The van der Waals surface area contributed by atoms with Crippen molar-refractivity contribution in [3.05, 3.63) is 0 Å². The van der Waals surface area contributed by atoms with E-state index in [1.165, 1.54) is 77.8 Å². The highest BCUT2D eigenvalue weighted by Crippen LogP contribution is 2.13. The molecule has 1 atom stereocenters. The monoisotopic (exact) mass is 267 g/mol. The third-order valence-electron chi connectivity index (χ3n) is 4.78. The van der Waals surface area contributed by atoms with Gasteiger partial charge in [0.05, 0.1) is 0 Å². The van der Waals surface area contributed by atoms with Crippen LogP contribution in [0.3, 0.4) is 0 Å². The van der Waals surface area contributed by atoms with Crippen molar-refractivity contribution < 1.29 is 0 Å². The molecule has 0 amide bonds. The normalized spacial score (nSPS) is 27.0. The van der Waals surface area contributed by atoms with E-state index in [-0.39, 0.29) is 0 Å². The molecular formula is C16H33N3. The van der Waals surface area contributed by atoms with Crippen molar-refractivity contribution in [3.8, 4) is 0 Å². The molecule has 2 heterocycles. The standard InChI is InChI=1S/C16H33N3/c1-15(2)19-13-5-7-16(8-14-19)17-9-6-12-18-10-3-4-11-18/h15-17H,3-14H2,1-2H3. The fourth-order valence-corrected chi connectivity index (χ4v) is 3.45. The van der Waals surface area contributed by atoms with Gasteiger partial charge in [-0.1, -0.05) is 0 Å². The Morgan fingerprint density at radius 1 is 1.00 bits per heavy atom. The molecule has 2 fully saturated rings. The van der Waals surface area contributed by atoms with Gasteiger partial charge in [-0.2, -0.15) is 0 Å². The van der Waals surface area contributed by atoms with Gasteiger partial charge < -0.3 is 15.1 Å². The molecule has 2 aliphatic rings. The van der Waals surface area contributed by atoms with E-state index >= 15 is 0 Å². The molecule has 2 aliphatic heterocycles. The molecule has 3 heteroatoms. The quantitative estimate of drug-likeness (QED) is 0.745. The summed E-state index contributed by atoms with van der Waals surface area (Å²) in [7, 11) is 0. The van der Waals surface area contributed by atoms with Gasteiger partial charge in [0, 0.05) is 12.1 Å². The summed E-state index contributed by atoms with van der Waals surface area (Å²) in [6.45, 7) is 12.4. The Kier molecular flexibility index (Phi) is 6.62. The molecule has 0 aliphatic carbocycles. The minimum atomic E-state index is 0.717. The van der Waals surface area contributed by atoms with Gasteiger partial charge in [-0.25, -0.2) is 0 Å². The minimum absolute atomic E-state index is 0.717. The van der Waals surface area contributed by atoms with Crippen LogP contribution in [0.15, 0.2) is 0 Å². The van der Waals surface area contributed by atoms with Crippen molar-refractivity contribution in [2.24, 2.45) is 0 Å². The number of nitrogens with zero attached hydrogens (tertiary/aromatic N) is 2. The second-order valence-electron chi connectivity index (χ2n) is 6.61. The summed E-state index contributed by atoms with van der Waals surface area (Å²) < 4.78 is 0. The topological polar surface area (TPSA) is 18.5 Å². The van der Waals surface area contributed by atoms with E-state index in [0.29, 0.717) is 6.04 Å². The van der Waals surface area contributed by atoms with Crippen LogP contribution in [0.2, 0.25) is 0 Å². The lowest BCUT2D eigenvalue weighted by Crippen LogP contribution is -2.35. The van der Waals surface area contributed by atoms with E-state index in [4.69, 9.17) is 0 Å². The Bertz CT molecular complexity index is 236. The molecule has 2 rings (SSSR count). The molecule has 0 aromatic heterocycles. The maximum Gasteiger partial charge on any atom is 0.00797 e. The van der Waals surface area contributed by atoms with Gasteiger partial charge >= 0.3 is 0 Å². The third kappa shape index (κ3) is 5.41. The first-order chi connectivity index (χ1) is 9.25. The molecule has 0 aromatic carbocycles. The van der Waals surface area contributed by atoms with E-state index in [1.54, 1.807) is 0 Å². The van der Waals surface area contributed by atoms with Crippen LogP contribution in [-0.2, 0) is 0 Å². The highest BCUT2D eigenvalue weighted by atomic mass is 15.2. The second kappa shape index (κ2) is 8.23. The first-order valence-corrected chi connectivity index (χ1v) is 8.45. The fraction of sp³-hybridized carbons (Fsp3) is 1.00. The lowest BCUT2D eigenvalue weighted by Gasteiger charge is -2.24. The molecular weight excluding hydrogens is 234 g/mol. The van der Waals surface area contributed by atoms with Crippen LogP contribution in [0, 0.1) is 0 Å². The van der Waals surface area contributed by atoms with Crippen LogP contribution < -0.4 is 5.32 Å². The average molecular weight is 267 g/mol. The molecule has 3 nitrogen and oxygen atoms in total. The van der Waals surface area contributed by atoms with Gasteiger partial charge in [-0.3, -0.25) is 0 Å². The second-order valence-corrected chi connectivity index (χ2v) is 6.61. The Balaban J connectivity index is 1.55. The van der Waals surface area contributed by atoms with Crippen LogP contribution in [0.25, 0.3) is 0 Å². The molecule has 1 N–H and O–H groups in total. The van der Waals surface area contributed by atoms with Gasteiger partial charge in [-0.05, 0) is 91.6 Å². The van der Waals surface area contributed by atoms with Gasteiger partial charge in [0.25, 0.3) is 0 Å². The third-order valence-corrected chi connectivity index (χ3v) is 4.78. The molecule has 112 valence electrons. The molecule has 0 saturated carbocycles. The maximum atomic E-state index is 3.79. The van der Waals surface area contributed by atoms with E-state index in [2.05, 4.69) is 29.0 Å². The van der Waals surface area contributed by atoms with Gasteiger partial charge in [0.15, 0.2) is 0 Å². The molecule has 19 heavy (non-hydrogen) atoms. The fourth-order valence-electron chi connectivity index (χ4n) is 3.45. The predicted molar refractivity (Wildman–Crippen MR) is 82.6 cm³/mol. The van der Waals surface area contributed by atoms with Crippen LogP contribution in [0.4, 0.5) is 0 Å². The van der Waals surface area contributed by atoms with Gasteiger partial charge in [0.2, 0.25) is 0 Å². The smallest absolute Gasteiger partial charge is 0.00797 e. The van der Waals surface area contributed by atoms with Crippen LogP contribution in [0.5, 0.6) is 0 Å². The van der Waals surface area contributed by atoms with Crippen molar-refractivity contribution in [1.29, 1.82) is 0 Å². The largest absolute Gasteiger partial charge is 0.314 e. The molecule has 2 saturated heterocycles. The number of hydrogen-bond acceptors (Lipinski definition) is 3. The van der Waals surface area contributed by atoms with Crippen molar-refractivity contribution in [2.45, 2.75) is 64.5 Å². The van der Waals surface area contributed by atoms with Crippen LogP contribution in [-0.4, -0.2) is 61.2 Å². The lowest BCUT2D eigenvalue weighted by atomic mass is 10.1. The van der Waals surface area contributed by atoms with Gasteiger partial charge in [-0.15, -0.1) is 0 Å². The summed E-state index contributed by atoms with van der Waals surface area (Å²) in [5.74, 6) is 0. The highest BCUT2D eigenvalue weighted by molar-refractivity contribution is 4.76. The van der Waals surface area contributed by atoms with Crippen molar-refractivity contribution >= 4 is 0 Å². The zero-order chi connectivity index (χ0) is 13.5. The summed E-state index contributed by atoms with van der Waals surface area (Å²) in [5, 5.41) is 3.79. The molecule has 1 unspecified atom stereocenters. The SMILES string of the molecule is CC(C)N1CCCC(NCCCN2CCCC2)CC1. The molecule has 0 radical (unpaired) electrons. The van der Waals surface area contributed by atoms with Crippen molar-refractivity contribution in [3.63, 3.8) is 0 Å². The minimum Gasteiger partial charge on any atom is -0.314 e. The maximum absolute atomic E-state index is 3.79. The Hall–Kier alpha value is -0.120. The molecule has 0 aromatic rings. The average Bonchev–Trinajstić information content (AvgIpc) is 2.79. The Morgan fingerprint density at radius 3 is 2.53 bits per heavy atom. The van der Waals surface area contributed by atoms with E-state index < -0.39 is 0 Å². The summed E-state index contributed by atoms with van der Waals surface area (Å²) in [6.07, 6.45) is 8.23. The van der Waals surface area contributed by atoms with E-state index in [9.17, 15) is 0 Å². The van der Waals surface area contributed by atoms with Crippen LogP contribution >= 0.6 is 0 Å². The molecule has 0 bridgehead atoms. The lowest BCUT2D eigenvalue weighted by molar-refractivity contribution is 0.229. The number of rotatable bonds is 6. The first-order valence-electron chi connectivity index (χ1n) is 8.45. The zero-order valence-corrected chi connectivity index (χ0v) is 13.0. The van der Waals surface area contributed by atoms with E-state index in [1.807, 2.05) is 0 Å². The highest BCUT2D eigenvalue weighted by Gasteiger charge is 2.18. The Morgan fingerprint density at radius 2 is 1.79 bits per heavy atom. The molecule has 0 spiro atoms. The number of likely N-dealkylation sites (tertiary alicyclic amines) is 2. The first kappa shape index (κ1) is 15.3. The summed E-state index contributed by atoms with van der Waals surface area (Å²) >= 11 is 0. The summed E-state index contributed by atoms with van der Waals surface area (Å²) in [5.41, 5.74) is 0.